The normalized spacial score (nSPS) is 15.2. The zero-order valence-electron chi connectivity index (χ0n) is 56.0. The number of carbonyl (C=O) groups excluding carboxylic acids is 1. The summed E-state index contributed by atoms with van der Waals surface area (Å²) in [6.07, 6.45) is 59.8. The van der Waals surface area contributed by atoms with Crippen LogP contribution in [0.15, 0.2) is 24.3 Å². The van der Waals surface area contributed by atoms with Gasteiger partial charge in [-0.05, 0) is 109 Å². The fourth-order valence-electron chi connectivity index (χ4n) is 11.8. The third kappa shape index (κ3) is 56.6. The summed E-state index contributed by atoms with van der Waals surface area (Å²) in [7, 11) is 3.94. The van der Waals surface area contributed by atoms with Gasteiger partial charge in [0, 0.05) is 83.4 Å². The number of aliphatic hydroxyl groups excluding tert-OH is 4. The van der Waals surface area contributed by atoms with Crippen molar-refractivity contribution < 1.29 is 30.0 Å². The largest absolute Gasteiger partial charge is 0.464 e. The summed E-state index contributed by atoms with van der Waals surface area (Å²) in [4.78, 5) is 22.3. The second kappa shape index (κ2) is 63.9. The molecule has 0 radical (unpaired) electrons. The smallest absolute Gasteiger partial charge is 0.305 e. The zero-order chi connectivity index (χ0) is 60.9. The van der Waals surface area contributed by atoms with Crippen molar-refractivity contribution in [2.45, 2.75) is 335 Å². The van der Waals surface area contributed by atoms with E-state index in [1.807, 2.05) is 21.6 Å². The highest BCUT2D eigenvalue weighted by Gasteiger charge is 2.20. The van der Waals surface area contributed by atoms with E-state index in [9.17, 15) is 25.2 Å². The van der Waals surface area contributed by atoms with Crippen molar-refractivity contribution in [2.75, 3.05) is 96.6 Å². The minimum absolute atomic E-state index is 0.119. The zero-order valence-corrected chi connectivity index (χ0v) is 57.7. The number of aliphatic hydroxyl groups is 4. The Balaban J connectivity index is 2.38. The van der Waals surface area contributed by atoms with Crippen LogP contribution in [0.2, 0.25) is 0 Å². The fraction of sp³-hybridized carbons (Fsp3) is 0.931. The molecule has 1 rings (SSSR count). The van der Waals surface area contributed by atoms with Crippen molar-refractivity contribution in [1.29, 1.82) is 0 Å². The molecule has 0 aliphatic carbocycles. The molecular weight excluding hydrogens is 1080 g/mol. The monoisotopic (exact) mass is 1220 g/mol. The van der Waals surface area contributed by atoms with E-state index in [4.69, 9.17) is 4.74 Å². The number of carbonyl (C=O) groups is 1. The average Bonchev–Trinajstić information content (AvgIpc) is 3.51. The van der Waals surface area contributed by atoms with E-state index < -0.39 is 0 Å². The van der Waals surface area contributed by atoms with Gasteiger partial charge >= 0.3 is 5.97 Å². The van der Waals surface area contributed by atoms with E-state index in [1.54, 1.807) is 0 Å². The van der Waals surface area contributed by atoms with Crippen LogP contribution < -0.4 is 0 Å². The van der Waals surface area contributed by atoms with Gasteiger partial charge in [0.25, 0.3) is 0 Å². The molecule has 4 atom stereocenters. The molecule has 4 N–H and O–H groups in total. The number of allylic oxidation sites excluding steroid dienone is 4. The van der Waals surface area contributed by atoms with E-state index in [-0.39, 0.29) is 30.4 Å². The lowest BCUT2D eigenvalue weighted by Gasteiger charge is -2.34. The molecule has 1 fully saturated rings. The Morgan fingerprint density at radius 2 is 0.702 bits per heavy atom. The van der Waals surface area contributed by atoms with Gasteiger partial charge in [-0.3, -0.25) is 24.4 Å². The highest BCUT2D eigenvalue weighted by atomic mass is 33.1. The van der Waals surface area contributed by atoms with E-state index in [1.165, 1.54) is 205 Å². The molecule has 0 aromatic carbocycles. The molecule has 1 aliphatic heterocycles. The van der Waals surface area contributed by atoms with Crippen LogP contribution in [-0.2, 0) is 9.53 Å². The van der Waals surface area contributed by atoms with E-state index in [2.05, 4.69) is 71.6 Å². The van der Waals surface area contributed by atoms with Crippen molar-refractivity contribution >= 4 is 27.6 Å². The van der Waals surface area contributed by atoms with Crippen LogP contribution in [0.5, 0.6) is 0 Å². The first-order valence-corrected chi connectivity index (χ1v) is 39.0. The summed E-state index contributed by atoms with van der Waals surface area (Å²) >= 11 is 0. The molecule has 0 aromatic heterocycles. The highest BCUT2D eigenvalue weighted by molar-refractivity contribution is 8.76. The van der Waals surface area contributed by atoms with Crippen LogP contribution in [0.4, 0.5) is 0 Å². The van der Waals surface area contributed by atoms with Gasteiger partial charge in [0.1, 0.15) is 6.61 Å². The maximum absolute atomic E-state index is 12.7. The maximum atomic E-state index is 12.7. The van der Waals surface area contributed by atoms with Gasteiger partial charge in [-0.1, -0.05) is 253 Å². The summed E-state index contributed by atoms with van der Waals surface area (Å²) < 4.78 is 5.70. The van der Waals surface area contributed by atoms with Crippen LogP contribution in [0.25, 0.3) is 0 Å². The second-order valence-corrected chi connectivity index (χ2v) is 28.3. The Kier molecular flexibility index (Phi) is 61.9. The van der Waals surface area contributed by atoms with E-state index in [0.717, 1.165) is 134 Å². The first-order chi connectivity index (χ1) is 41.2. The lowest BCUT2D eigenvalue weighted by atomic mass is 10.1. The van der Waals surface area contributed by atoms with Crippen molar-refractivity contribution in [2.24, 2.45) is 0 Å². The fourth-order valence-corrected chi connectivity index (χ4v) is 13.9. The number of esters is 1. The van der Waals surface area contributed by atoms with Crippen molar-refractivity contribution in [3.8, 4) is 0 Å². The second-order valence-electron chi connectivity index (χ2n) is 25.6. The Bertz CT molecular complexity index is 1340. The van der Waals surface area contributed by atoms with E-state index >= 15 is 0 Å². The third-order valence-electron chi connectivity index (χ3n) is 17.3. The molecule has 1 aliphatic rings. The Hall–Kier alpha value is -0.670. The van der Waals surface area contributed by atoms with Gasteiger partial charge in [-0.15, -0.1) is 0 Å². The number of nitrogens with zero attached hydrogens (tertiary/aromatic N) is 4. The Morgan fingerprint density at radius 1 is 0.393 bits per heavy atom. The molecular formula is C72H142N4O6S2. The van der Waals surface area contributed by atoms with Crippen LogP contribution >= 0.6 is 21.6 Å². The lowest BCUT2D eigenvalue weighted by molar-refractivity contribution is -0.144. The van der Waals surface area contributed by atoms with Crippen LogP contribution in [0, 0.1) is 0 Å². The Labute approximate surface area is 529 Å². The summed E-state index contributed by atoms with van der Waals surface area (Å²) in [6.45, 7) is 19.7. The number of unbranched alkanes of at least 4 members (excludes halogenated alkanes) is 31. The standard InChI is InChI=1S/C72H142N4O6S2/c1-5-9-13-17-21-23-25-27-29-31-33-35-39-43-50-70(79)66-76(67-71(80)51-44-40-36-34-32-30-28-26-24-22-18-14-10-6-2)54-47-62-83-84-63-60-74-57-55-73(56-58-74)59-61-82-72(81)52-45-46-53-75(64-68(77)48-41-37-19-15-11-7-3)65-69(78)49-42-38-20-16-12-8-4/h27-30,68-71,77-80H,5-26,31-67H2,1-4H3/b29-27-,30-28-/t68?,69?,70-,71-/m0/s1. The molecule has 10 nitrogen and oxygen atoms in total. The first kappa shape index (κ1) is 81.3. The van der Waals surface area contributed by atoms with Gasteiger partial charge in [-0.2, -0.15) is 0 Å². The van der Waals surface area contributed by atoms with Crippen molar-refractivity contribution in [3.63, 3.8) is 0 Å². The number of rotatable bonds is 66. The van der Waals surface area contributed by atoms with Crippen LogP contribution in [0.3, 0.4) is 0 Å². The average molecular weight is 1220 g/mol. The predicted molar refractivity (Wildman–Crippen MR) is 370 cm³/mol. The van der Waals surface area contributed by atoms with Gasteiger partial charge in [-0.25, -0.2) is 0 Å². The summed E-state index contributed by atoms with van der Waals surface area (Å²) in [6, 6.07) is 0. The van der Waals surface area contributed by atoms with Gasteiger partial charge in [0.05, 0.1) is 24.4 Å². The van der Waals surface area contributed by atoms with Crippen LogP contribution in [-0.4, -0.2) is 167 Å². The molecule has 498 valence electrons. The minimum Gasteiger partial charge on any atom is -0.464 e. The molecule has 12 heteroatoms. The number of hydrogen-bond acceptors (Lipinski definition) is 12. The molecule has 2 unspecified atom stereocenters. The van der Waals surface area contributed by atoms with Gasteiger partial charge in [0.2, 0.25) is 0 Å². The number of ether oxygens (including phenoxy) is 1. The van der Waals surface area contributed by atoms with Crippen molar-refractivity contribution in [3.05, 3.63) is 24.3 Å². The van der Waals surface area contributed by atoms with Gasteiger partial charge in [0.15, 0.2) is 0 Å². The molecule has 1 heterocycles. The molecule has 0 saturated carbocycles. The predicted octanol–water partition coefficient (Wildman–Crippen LogP) is 17.9. The SMILES string of the molecule is CCCCCCCC/C=C\CCCCCC[C@H](O)CN(CCCSSCCN1CCN(CCOC(=O)CCCCN(CC(O)CCCCCCCC)CC(O)CCCCCCCC)CC1)C[C@@H](O)CCCCCC/C=C\CCCCCCCC. The number of hydrogen-bond donors (Lipinski definition) is 4. The molecule has 0 aromatic rings. The quantitative estimate of drug-likeness (QED) is 0.0201. The van der Waals surface area contributed by atoms with Crippen LogP contribution in [0.1, 0.15) is 310 Å². The summed E-state index contributed by atoms with van der Waals surface area (Å²) in [5, 5.41) is 44.2. The minimum atomic E-state index is -0.376. The molecule has 1 saturated heterocycles. The molecule has 0 bridgehead atoms. The topological polar surface area (TPSA) is 120 Å². The Morgan fingerprint density at radius 3 is 1.07 bits per heavy atom. The van der Waals surface area contributed by atoms with Crippen molar-refractivity contribution in [1.82, 2.24) is 19.6 Å². The van der Waals surface area contributed by atoms with Gasteiger partial charge < -0.3 is 25.2 Å². The first-order valence-electron chi connectivity index (χ1n) is 36.5. The van der Waals surface area contributed by atoms with E-state index in [0.29, 0.717) is 39.2 Å². The molecule has 0 amide bonds. The molecule has 84 heavy (non-hydrogen) atoms. The number of piperazine rings is 1. The summed E-state index contributed by atoms with van der Waals surface area (Å²) in [5.41, 5.74) is 0. The molecule has 0 spiro atoms. The maximum Gasteiger partial charge on any atom is 0.305 e. The summed E-state index contributed by atoms with van der Waals surface area (Å²) in [5.74, 6) is 2.06. The lowest BCUT2D eigenvalue weighted by Crippen LogP contribution is -2.47. The third-order valence-corrected chi connectivity index (χ3v) is 19.7. The highest BCUT2D eigenvalue weighted by Crippen LogP contribution is 2.23.